The van der Waals surface area contributed by atoms with Crippen LogP contribution in [0.5, 0.6) is 0 Å². The summed E-state index contributed by atoms with van der Waals surface area (Å²) in [4.78, 5) is 21.6. The number of hydrogen-bond donors (Lipinski definition) is 2. The molecule has 2 N–H and O–H groups in total. The summed E-state index contributed by atoms with van der Waals surface area (Å²) in [6.07, 6.45) is 5.79. The number of nitro groups is 1. The first-order valence-electron chi connectivity index (χ1n) is 12.9. The number of aromatic amines is 1. The summed E-state index contributed by atoms with van der Waals surface area (Å²) in [5.41, 5.74) is 0.198. The van der Waals surface area contributed by atoms with Gasteiger partial charge < -0.3 is 10.3 Å². The quantitative estimate of drug-likeness (QED) is 0.155. The highest BCUT2D eigenvalue weighted by Gasteiger charge is 2.42. The van der Waals surface area contributed by atoms with Gasteiger partial charge in [-0.05, 0) is 67.2 Å². The average molecular weight is 532 g/mol. The molecular weight excluding hydrogens is 507 g/mol. The summed E-state index contributed by atoms with van der Waals surface area (Å²) in [5.74, 6) is -1.22. The van der Waals surface area contributed by atoms with Gasteiger partial charge in [0.25, 0.3) is 5.69 Å². The Bertz CT molecular complexity index is 1650. The van der Waals surface area contributed by atoms with Gasteiger partial charge in [0.05, 0.1) is 22.7 Å². The first kappa shape index (κ1) is 24.9. The van der Waals surface area contributed by atoms with Crippen molar-refractivity contribution in [2.75, 3.05) is 5.32 Å². The molecule has 2 aromatic heterocycles. The number of nitro benzene ring substituents is 1. The third-order valence-corrected chi connectivity index (χ3v) is 8.49. The van der Waals surface area contributed by atoms with Crippen LogP contribution in [0.2, 0.25) is 0 Å². The highest BCUT2D eigenvalue weighted by atomic mass is 19.1. The number of non-ortho nitro benzene ring substituents is 1. The van der Waals surface area contributed by atoms with E-state index in [0.29, 0.717) is 17.8 Å². The van der Waals surface area contributed by atoms with Crippen molar-refractivity contribution in [3.8, 4) is 22.4 Å². The van der Waals surface area contributed by atoms with Gasteiger partial charge in [-0.1, -0.05) is 6.92 Å². The van der Waals surface area contributed by atoms with E-state index < -0.39 is 22.4 Å². The molecule has 0 saturated heterocycles. The number of nitrogens with one attached hydrogen (secondary N) is 2. The number of anilines is 1. The molecule has 39 heavy (non-hydrogen) atoms. The van der Waals surface area contributed by atoms with Crippen LogP contribution in [0.25, 0.3) is 38.1 Å². The molecule has 3 aliphatic rings. The molecule has 0 spiro atoms. The second kappa shape index (κ2) is 9.42. The molecule has 2 bridgehead atoms. The van der Waals surface area contributed by atoms with Crippen molar-refractivity contribution < 1.29 is 18.1 Å². The molecule has 3 fully saturated rings. The van der Waals surface area contributed by atoms with Crippen LogP contribution in [0.1, 0.15) is 32.6 Å². The SMILES string of the molecule is [C-]#[N+]c1c(-c2c[nH]c3c(F)cc(F)cc23)nc(N[C@@H]2C3CCC(CC3)[C@H]2C)c(F)c1-c1ccc([N+](=O)[O-])cc1. The van der Waals surface area contributed by atoms with Gasteiger partial charge >= 0.3 is 0 Å². The van der Waals surface area contributed by atoms with Crippen molar-refractivity contribution in [3.05, 3.63) is 81.6 Å². The molecule has 0 aliphatic heterocycles. The van der Waals surface area contributed by atoms with Crippen LogP contribution < -0.4 is 5.32 Å². The summed E-state index contributed by atoms with van der Waals surface area (Å²) in [5, 5.41) is 14.7. The minimum Gasteiger partial charge on any atom is -0.364 e. The Kier molecular flexibility index (Phi) is 6.02. The Labute approximate surface area is 222 Å². The van der Waals surface area contributed by atoms with Crippen LogP contribution in [0.3, 0.4) is 0 Å². The molecular formula is C29H24F3N5O2. The normalized spacial score (nSPS) is 22.1. The second-order valence-corrected chi connectivity index (χ2v) is 10.5. The van der Waals surface area contributed by atoms with Gasteiger partial charge in [-0.3, -0.25) is 10.1 Å². The van der Waals surface area contributed by atoms with E-state index in [-0.39, 0.29) is 56.5 Å². The lowest BCUT2D eigenvalue weighted by Crippen LogP contribution is -2.47. The van der Waals surface area contributed by atoms with Gasteiger partial charge in [0.1, 0.15) is 11.6 Å². The van der Waals surface area contributed by atoms with Gasteiger partial charge in [-0.25, -0.2) is 23.0 Å². The minimum atomic E-state index is -0.802. The van der Waals surface area contributed by atoms with Gasteiger partial charge in [0, 0.05) is 47.0 Å². The lowest BCUT2D eigenvalue weighted by Gasteiger charge is -2.47. The molecule has 2 atom stereocenters. The molecule has 3 saturated carbocycles. The Morgan fingerprint density at radius 1 is 1.10 bits per heavy atom. The maximum absolute atomic E-state index is 16.3. The summed E-state index contributed by atoms with van der Waals surface area (Å²) in [6, 6.07) is 7.14. The Balaban J connectivity index is 1.58. The number of pyridine rings is 1. The number of fused-ring (bicyclic) bond motifs is 4. The van der Waals surface area contributed by atoms with E-state index in [2.05, 4.69) is 27.1 Å². The maximum Gasteiger partial charge on any atom is 0.269 e. The largest absolute Gasteiger partial charge is 0.364 e. The zero-order chi connectivity index (χ0) is 27.4. The highest BCUT2D eigenvalue weighted by Crippen LogP contribution is 2.48. The number of aromatic nitrogens is 2. The van der Waals surface area contributed by atoms with Gasteiger partial charge in [-0.2, -0.15) is 0 Å². The lowest BCUT2D eigenvalue weighted by atomic mass is 9.62. The van der Waals surface area contributed by atoms with Gasteiger partial charge in [0.15, 0.2) is 11.6 Å². The maximum atomic E-state index is 16.3. The van der Waals surface area contributed by atoms with E-state index in [9.17, 15) is 18.9 Å². The fraction of sp³-hybridized carbons (Fsp3) is 0.310. The number of rotatable bonds is 5. The van der Waals surface area contributed by atoms with Crippen LogP contribution >= 0.6 is 0 Å². The van der Waals surface area contributed by atoms with Crippen LogP contribution in [0.4, 0.5) is 30.4 Å². The zero-order valence-electron chi connectivity index (χ0n) is 21.0. The minimum absolute atomic E-state index is 0.0197. The summed E-state index contributed by atoms with van der Waals surface area (Å²) in [7, 11) is 0. The third kappa shape index (κ3) is 4.09. The second-order valence-electron chi connectivity index (χ2n) is 10.5. The molecule has 0 radical (unpaired) electrons. The fourth-order valence-corrected chi connectivity index (χ4v) is 6.47. The topological polar surface area (TPSA) is 88.2 Å². The Morgan fingerprint density at radius 2 is 1.79 bits per heavy atom. The molecule has 2 aromatic carbocycles. The van der Waals surface area contributed by atoms with E-state index in [1.54, 1.807) is 0 Å². The standard InChI is InChI=1S/C29H24F3N5O2/c1-14-15-3-5-17(6-4-15)25(14)35-29-24(32)23(16-7-9-19(10-8-16)37(38)39)28(33-2)27(36-29)21-13-34-26-20(21)11-18(30)12-22(26)31/h7-15,17,25,34H,3-6H2,1H3,(H,35,36)/t14-,15?,17?,25+/m1/s1. The van der Waals surface area contributed by atoms with Crippen molar-refractivity contribution in [1.29, 1.82) is 0 Å². The third-order valence-electron chi connectivity index (χ3n) is 8.49. The van der Waals surface area contributed by atoms with Crippen molar-refractivity contribution >= 4 is 28.1 Å². The number of benzene rings is 2. The van der Waals surface area contributed by atoms with Gasteiger partial charge in [0.2, 0.25) is 5.69 Å². The van der Waals surface area contributed by atoms with Crippen LogP contribution in [0.15, 0.2) is 42.6 Å². The number of halogens is 3. The van der Waals surface area contributed by atoms with E-state index in [0.717, 1.165) is 37.8 Å². The van der Waals surface area contributed by atoms with Gasteiger partial charge in [-0.15, -0.1) is 0 Å². The molecule has 7 rings (SSSR count). The van der Waals surface area contributed by atoms with Crippen molar-refractivity contribution in [1.82, 2.24) is 9.97 Å². The predicted octanol–water partition coefficient (Wildman–Crippen LogP) is 8.01. The van der Waals surface area contributed by atoms with E-state index in [4.69, 9.17) is 6.57 Å². The van der Waals surface area contributed by atoms with Crippen LogP contribution in [-0.4, -0.2) is 20.9 Å². The van der Waals surface area contributed by atoms with Crippen LogP contribution in [-0.2, 0) is 0 Å². The highest BCUT2D eigenvalue weighted by molar-refractivity contribution is 6.01. The Hall–Kier alpha value is -4.39. The number of hydrogen-bond acceptors (Lipinski definition) is 4. The molecule has 2 heterocycles. The number of H-pyrrole nitrogens is 1. The average Bonchev–Trinajstić information content (AvgIpc) is 3.35. The van der Waals surface area contributed by atoms with E-state index >= 15 is 4.39 Å². The summed E-state index contributed by atoms with van der Waals surface area (Å²) < 4.78 is 45.1. The van der Waals surface area contributed by atoms with E-state index in [1.165, 1.54) is 30.5 Å². The molecule has 7 nitrogen and oxygen atoms in total. The molecule has 198 valence electrons. The molecule has 0 unspecified atom stereocenters. The molecule has 0 amide bonds. The van der Waals surface area contributed by atoms with Crippen molar-refractivity contribution in [2.45, 2.75) is 38.6 Å². The molecule has 10 heteroatoms. The van der Waals surface area contributed by atoms with Crippen molar-refractivity contribution in [2.24, 2.45) is 17.8 Å². The Morgan fingerprint density at radius 3 is 2.44 bits per heavy atom. The predicted molar refractivity (Wildman–Crippen MR) is 142 cm³/mol. The van der Waals surface area contributed by atoms with Crippen LogP contribution in [0, 0.1) is 51.9 Å². The lowest BCUT2D eigenvalue weighted by molar-refractivity contribution is -0.384. The first-order chi connectivity index (χ1) is 18.8. The zero-order valence-corrected chi connectivity index (χ0v) is 21.0. The van der Waals surface area contributed by atoms with E-state index in [1.807, 2.05) is 0 Å². The first-order valence-corrected chi connectivity index (χ1v) is 12.9. The summed E-state index contributed by atoms with van der Waals surface area (Å²) >= 11 is 0. The molecule has 3 aliphatic carbocycles. The monoisotopic (exact) mass is 531 g/mol. The fourth-order valence-electron chi connectivity index (χ4n) is 6.47. The smallest absolute Gasteiger partial charge is 0.269 e. The number of nitrogens with zero attached hydrogens (tertiary/aromatic N) is 3. The van der Waals surface area contributed by atoms with Crippen molar-refractivity contribution in [3.63, 3.8) is 0 Å². The molecule has 4 aromatic rings. The summed E-state index contributed by atoms with van der Waals surface area (Å²) in [6.45, 7) is 10.1.